The summed E-state index contributed by atoms with van der Waals surface area (Å²) in [5, 5.41) is 21.8. The lowest BCUT2D eigenvalue weighted by Gasteiger charge is -2.06. The van der Waals surface area contributed by atoms with E-state index < -0.39 is 21.8 Å². The molecule has 0 bridgehead atoms. The Morgan fingerprint density at radius 2 is 1.07 bits per heavy atom. The largest absolute Gasteiger partial charge is 0.419 e. The van der Waals surface area contributed by atoms with Crippen LogP contribution in [0.15, 0.2) is 48.5 Å². The second kappa shape index (κ2) is 9.76. The number of carbonyl (C=O) groups excluding carboxylic acids is 2. The first kappa shape index (κ1) is 20.5. The van der Waals surface area contributed by atoms with Crippen LogP contribution < -0.4 is 9.47 Å². The Balaban J connectivity index is 1.77. The van der Waals surface area contributed by atoms with Gasteiger partial charge in [0.2, 0.25) is 11.5 Å². The minimum Gasteiger partial charge on any atom is -0.419 e. The zero-order valence-electron chi connectivity index (χ0n) is 14.6. The van der Waals surface area contributed by atoms with E-state index in [-0.39, 0.29) is 48.6 Å². The van der Waals surface area contributed by atoms with E-state index in [4.69, 9.17) is 9.47 Å². The van der Waals surface area contributed by atoms with E-state index in [1.54, 1.807) is 0 Å². The summed E-state index contributed by atoms with van der Waals surface area (Å²) in [6.45, 7) is 0. The van der Waals surface area contributed by atoms with Gasteiger partial charge in [0, 0.05) is 25.0 Å². The number of para-hydroxylation sites is 4. The number of hydrogen-bond acceptors (Lipinski definition) is 8. The van der Waals surface area contributed by atoms with E-state index >= 15 is 0 Å². The average molecular weight is 388 g/mol. The minimum absolute atomic E-state index is 0.0508. The van der Waals surface area contributed by atoms with Crippen molar-refractivity contribution in [2.75, 3.05) is 0 Å². The van der Waals surface area contributed by atoms with Crippen molar-refractivity contribution in [2.45, 2.75) is 25.7 Å². The zero-order valence-corrected chi connectivity index (χ0v) is 14.6. The van der Waals surface area contributed by atoms with Crippen molar-refractivity contribution in [3.8, 4) is 11.5 Å². The Bertz CT molecular complexity index is 823. The molecule has 0 N–H and O–H groups in total. The predicted molar refractivity (Wildman–Crippen MR) is 95.9 cm³/mol. The SMILES string of the molecule is O=C(CCCCC(=O)Oc1ccccc1[N+](=O)[O-])Oc1ccccc1[N+](=O)[O-]. The molecule has 0 fully saturated rings. The first-order valence-corrected chi connectivity index (χ1v) is 8.26. The normalized spacial score (nSPS) is 10.1. The van der Waals surface area contributed by atoms with Crippen molar-refractivity contribution < 1.29 is 28.9 Å². The van der Waals surface area contributed by atoms with Crippen molar-refractivity contribution >= 4 is 23.3 Å². The predicted octanol–water partition coefficient (Wildman–Crippen LogP) is 3.57. The van der Waals surface area contributed by atoms with Crippen LogP contribution in [0.5, 0.6) is 11.5 Å². The number of ether oxygens (including phenoxy) is 2. The van der Waals surface area contributed by atoms with Crippen molar-refractivity contribution in [1.29, 1.82) is 0 Å². The van der Waals surface area contributed by atoms with Crippen LogP contribution in [0.25, 0.3) is 0 Å². The van der Waals surface area contributed by atoms with Gasteiger partial charge in [-0.1, -0.05) is 24.3 Å². The molecule has 0 atom stereocenters. The van der Waals surface area contributed by atoms with E-state index in [1.165, 1.54) is 48.5 Å². The highest BCUT2D eigenvalue weighted by Crippen LogP contribution is 2.27. The molecule has 146 valence electrons. The first-order chi connectivity index (χ1) is 13.4. The number of benzene rings is 2. The van der Waals surface area contributed by atoms with E-state index in [1.807, 2.05) is 0 Å². The first-order valence-electron chi connectivity index (χ1n) is 8.26. The number of rotatable bonds is 9. The maximum atomic E-state index is 11.8. The highest BCUT2D eigenvalue weighted by molar-refractivity contribution is 5.75. The fourth-order valence-electron chi connectivity index (χ4n) is 2.27. The molecule has 0 spiro atoms. The van der Waals surface area contributed by atoms with Crippen molar-refractivity contribution in [2.24, 2.45) is 0 Å². The third kappa shape index (κ3) is 5.87. The summed E-state index contributed by atoms with van der Waals surface area (Å²) in [5.41, 5.74) is -0.632. The smallest absolute Gasteiger partial charge is 0.311 e. The molecule has 2 aromatic carbocycles. The van der Waals surface area contributed by atoms with Crippen LogP contribution in [0.4, 0.5) is 11.4 Å². The molecule has 10 nitrogen and oxygen atoms in total. The van der Waals surface area contributed by atoms with Gasteiger partial charge in [-0.05, 0) is 25.0 Å². The van der Waals surface area contributed by atoms with Gasteiger partial charge in [-0.15, -0.1) is 0 Å². The Labute approximate surface area is 159 Å². The number of nitro groups is 2. The molecular formula is C18H16N2O8. The Hall–Kier alpha value is -3.82. The van der Waals surface area contributed by atoms with E-state index in [0.717, 1.165) is 0 Å². The average Bonchev–Trinajstić information content (AvgIpc) is 2.65. The molecule has 28 heavy (non-hydrogen) atoms. The zero-order chi connectivity index (χ0) is 20.5. The van der Waals surface area contributed by atoms with E-state index in [2.05, 4.69) is 0 Å². The maximum absolute atomic E-state index is 11.8. The number of nitrogens with zero attached hydrogens (tertiary/aromatic N) is 2. The van der Waals surface area contributed by atoms with Gasteiger partial charge in [0.05, 0.1) is 9.85 Å². The summed E-state index contributed by atoms with van der Waals surface area (Å²) in [6.07, 6.45) is 0.465. The fourth-order valence-corrected chi connectivity index (χ4v) is 2.27. The van der Waals surface area contributed by atoms with Gasteiger partial charge in [-0.25, -0.2) is 0 Å². The third-order valence-corrected chi connectivity index (χ3v) is 3.58. The number of nitro benzene ring substituents is 2. The summed E-state index contributed by atoms with van der Waals surface area (Å²) in [5.74, 6) is -1.62. The molecule has 0 saturated heterocycles. The molecule has 0 aliphatic rings. The third-order valence-electron chi connectivity index (χ3n) is 3.58. The number of unbranched alkanes of at least 4 members (excludes halogenated alkanes) is 1. The number of hydrogen-bond donors (Lipinski definition) is 0. The Morgan fingerprint density at radius 1 is 0.714 bits per heavy atom. The van der Waals surface area contributed by atoms with Crippen LogP contribution in [-0.4, -0.2) is 21.8 Å². The highest BCUT2D eigenvalue weighted by atomic mass is 16.6. The molecule has 0 aromatic heterocycles. The van der Waals surface area contributed by atoms with Gasteiger partial charge in [0.15, 0.2) is 0 Å². The summed E-state index contributed by atoms with van der Waals surface area (Å²) in [4.78, 5) is 44.1. The second-order valence-corrected chi connectivity index (χ2v) is 5.60. The van der Waals surface area contributed by atoms with Crippen molar-refractivity contribution in [3.63, 3.8) is 0 Å². The molecule has 10 heteroatoms. The Kier molecular flexibility index (Phi) is 7.14. The van der Waals surface area contributed by atoms with Crippen LogP contribution in [-0.2, 0) is 9.59 Å². The molecule has 0 radical (unpaired) electrons. The van der Waals surface area contributed by atoms with Crippen LogP contribution in [0.3, 0.4) is 0 Å². The Morgan fingerprint density at radius 3 is 1.43 bits per heavy atom. The lowest BCUT2D eigenvalue weighted by atomic mass is 10.2. The summed E-state index contributed by atoms with van der Waals surface area (Å²) in [6, 6.07) is 11.0. The number of esters is 2. The molecule has 0 aliphatic heterocycles. The highest BCUT2D eigenvalue weighted by Gasteiger charge is 2.18. The van der Waals surface area contributed by atoms with Crippen molar-refractivity contribution in [3.05, 3.63) is 68.8 Å². The van der Waals surface area contributed by atoms with E-state index in [9.17, 15) is 29.8 Å². The lowest BCUT2D eigenvalue weighted by molar-refractivity contribution is -0.385. The summed E-state index contributed by atoms with van der Waals surface area (Å²) in [7, 11) is 0. The van der Waals surface area contributed by atoms with Gasteiger partial charge >= 0.3 is 23.3 Å². The minimum atomic E-state index is -0.665. The van der Waals surface area contributed by atoms with Crippen LogP contribution in [0.1, 0.15) is 25.7 Å². The van der Waals surface area contributed by atoms with Crippen molar-refractivity contribution in [1.82, 2.24) is 0 Å². The second-order valence-electron chi connectivity index (χ2n) is 5.60. The fraction of sp³-hybridized carbons (Fsp3) is 0.222. The molecule has 0 aliphatic carbocycles. The van der Waals surface area contributed by atoms with Gasteiger partial charge in [0.25, 0.3) is 0 Å². The molecular weight excluding hydrogens is 372 g/mol. The quantitative estimate of drug-likeness (QED) is 0.209. The van der Waals surface area contributed by atoms with Gasteiger partial charge < -0.3 is 9.47 Å². The summed E-state index contributed by atoms with van der Waals surface area (Å²) < 4.78 is 9.96. The van der Waals surface area contributed by atoms with Gasteiger partial charge in [-0.3, -0.25) is 29.8 Å². The molecule has 0 amide bonds. The van der Waals surface area contributed by atoms with Gasteiger partial charge in [-0.2, -0.15) is 0 Å². The van der Waals surface area contributed by atoms with Crippen LogP contribution >= 0.6 is 0 Å². The standard InChI is InChI=1S/C18H16N2O8/c21-17(27-15-9-3-1-7-13(15)19(23)24)11-5-6-12-18(22)28-16-10-4-2-8-14(16)20(25)26/h1-4,7-10H,5-6,11-12H2. The molecule has 2 rings (SSSR count). The maximum Gasteiger partial charge on any atom is 0.311 e. The monoisotopic (exact) mass is 388 g/mol. The van der Waals surface area contributed by atoms with Crippen LogP contribution in [0.2, 0.25) is 0 Å². The topological polar surface area (TPSA) is 139 Å². The molecule has 0 unspecified atom stereocenters. The lowest BCUT2D eigenvalue weighted by Crippen LogP contribution is -2.11. The summed E-state index contributed by atoms with van der Waals surface area (Å²) >= 11 is 0. The molecule has 0 heterocycles. The molecule has 2 aromatic rings. The van der Waals surface area contributed by atoms with Gasteiger partial charge in [0.1, 0.15) is 0 Å². The van der Waals surface area contributed by atoms with Crippen LogP contribution in [0, 0.1) is 20.2 Å². The number of carbonyl (C=O) groups is 2. The molecule has 0 saturated carbocycles. The van der Waals surface area contributed by atoms with E-state index in [0.29, 0.717) is 0 Å².